The molecule has 70 valence electrons. The Morgan fingerprint density at radius 3 is 3.08 bits per heavy atom. The monoisotopic (exact) mass is 196 g/mol. The molecule has 0 amide bonds. The van der Waals surface area contributed by atoms with Crippen molar-refractivity contribution in [3.05, 3.63) is 24.3 Å². The van der Waals surface area contributed by atoms with E-state index in [1.807, 2.05) is 0 Å². The predicted molar refractivity (Wildman–Crippen MR) is 57.9 cm³/mol. The van der Waals surface area contributed by atoms with Crippen LogP contribution in [0.25, 0.3) is 0 Å². The molecule has 0 spiro atoms. The predicted octanol–water partition coefficient (Wildman–Crippen LogP) is 2.16. The second-order valence-corrected chi connectivity index (χ2v) is 3.50. The van der Waals surface area contributed by atoms with E-state index >= 15 is 0 Å². The van der Waals surface area contributed by atoms with E-state index in [1.165, 1.54) is 11.4 Å². The zero-order valence-electron chi connectivity index (χ0n) is 7.46. The second kappa shape index (κ2) is 3.88. The van der Waals surface area contributed by atoms with Gasteiger partial charge in [0.1, 0.15) is 0 Å². The molecule has 0 unspecified atom stereocenters. The highest BCUT2D eigenvalue weighted by Gasteiger charge is 2.14. The molecule has 2 rings (SSSR count). The lowest BCUT2D eigenvalue weighted by molar-refractivity contribution is 0.818. The van der Waals surface area contributed by atoms with Crippen LogP contribution in [0, 0.1) is 0 Å². The zero-order valence-corrected chi connectivity index (χ0v) is 8.22. The highest BCUT2D eigenvalue weighted by atomic mass is 35.5. The molecule has 1 aliphatic heterocycles. The Kier molecular flexibility index (Phi) is 2.60. The van der Waals surface area contributed by atoms with Gasteiger partial charge in [0.25, 0.3) is 0 Å². The average Bonchev–Trinajstić information content (AvgIpc) is 2.19. The summed E-state index contributed by atoms with van der Waals surface area (Å²) in [6.45, 7) is 2.98. The zero-order chi connectivity index (χ0) is 9.10. The summed E-state index contributed by atoms with van der Waals surface area (Å²) in [7, 11) is 0. The lowest BCUT2D eigenvalue weighted by atomic mass is 10.2. The first-order valence-corrected chi connectivity index (χ1v) is 5.09. The van der Waals surface area contributed by atoms with Crippen LogP contribution in [-0.2, 0) is 0 Å². The first-order valence-electron chi connectivity index (χ1n) is 4.55. The van der Waals surface area contributed by atoms with Crippen LogP contribution in [0.1, 0.15) is 0 Å². The molecule has 3 heteroatoms. The van der Waals surface area contributed by atoms with Crippen molar-refractivity contribution in [3.63, 3.8) is 0 Å². The van der Waals surface area contributed by atoms with Crippen molar-refractivity contribution in [1.29, 1.82) is 0 Å². The first kappa shape index (κ1) is 8.70. The van der Waals surface area contributed by atoms with E-state index in [2.05, 4.69) is 34.5 Å². The number of anilines is 2. The van der Waals surface area contributed by atoms with Crippen molar-refractivity contribution in [1.82, 2.24) is 0 Å². The second-order valence-electron chi connectivity index (χ2n) is 3.12. The number of nitrogens with one attached hydrogen (secondary N) is 1. The third kappa shape index (κ3) is 1.73. The third-order valence-corrected chi connectivity index (χ3v) is 2.47. The molecular formula is C10H13ClN2. The van der Waals surface area contributed by atoms with E-state index < -0.39 is 0 Å². The minimum Gasteiger partial charge on any atom is -0.382 e. The molecule has 0 saturated carbocycles. The van der Waals surface area contributed by atoms with Gasteiger partial charge >= 0.3 is 0 Å². The van der Waals surface area contributed by atoms with Crippen LogP contribution in [0.4, 0.5) is 11.4 Å². The quantitative estimate of drug-likeness (QED) is 0.730. The van der Waals surface area contributed by atoms with Gasteiger partial charge in [0.15, 0.2) is 0 Å². The van der Waals surface area contributed by atoms with Crippen LogP contribution in [0.2, 0.25) is 0 Å². The number of rotatable bonds is 2. The number of halogens is 1. The largest absolute Gasteiger partial charge is 0.382 e. The maximum absolute atomic E-state index is 5.74. The number of hydrogen-bond donors (Lipinski definition) is 1. The number of hydrogen-bond acceptors (Lipinski definition) is 2. The molecule has 0 bridgehead atoms. The van der Waals surface area contributed by atoms with Gasteiger partial charge in [-0.1, -0.05) is 12.1 Å². The Balaban J connectivity index is 2.26. The summed E-state index contributed by atoms with van der Waals surface area (Å²) in [6.07, 6.45) is 0. The molecule has 1 heterocycles. The van der Waals surface area contributed by atoms with Crippen molar-refractivity contribution < 1.29 is 0 Å². The summed E-state index contributed by atoms with van der Waals surface area (Å²) >= 11 is 5.74. The molecule has 1 aliphatic rings. The number of alkyl halides is 1. The molecular weight excluding hydrogens is 184 g/mol. The number of benzene rings is 1. The van der Waals surface area contributed by atoms with E-state index in [9.17, 15) is 0 Å². The smallest absolute Gasteiger partial charge is 0.0603 e. The fourth-order valence-electron chi connectivity index (χ4n) is 1.68. The minimum absolute atomic E-state index is 0.689. The molecule has 0 atom stereocenters. The van der Waals surface area contributed by atoms with Gasteiger partial charge in [0.2, 0.25) is 0 Å². The molecule has 0 saturated heterocycles. The van der Waals surface area contributed by atoms with Gasteiger partial charge < -0.3 is 10.2 Å². The SMILES string of the molecule is ClCCN1CCNc2ccccc21. The van der Waals surface area contributed by atoms with Crippen LogP contribution in [0.5, 0.6) is 0 Å². The molecule has 1 aromatic carbocycles. The van der Waals surface area contributed by atoms with Crippen LogP contribution in [-0.4, -0.2) is 25.5 Å². The lowest BCUT2D eigenvalue weighted by Crippen LogP contribution is -2.35. The molecule has 1 aromatic rings. The highest BCUT2D eigenvalue weighted by Crippen LogP contribution is 2.27. The molecule has 13 heavy (non-hydrogen) atoms. The highest BCUT2D eigenvalue weighted by molar-refractivity contribution is 6.18. The summed E-state index contributed by atoms with van der Waals surface area (Å²) in [4.78, 5) is 2.32. The van der Waals surface area contributed by atoms with Crippen LogP contribution in [0.15, 0.2) is 24.3 Å². The standard InChI is InChI=1S/C10H13ClN2/c11-5-7-13-8-6-12-9-3-1-2-4-10(9)13/h1-4,12H,5-8H2. The van der Waals surface area contributed by atoms with Crippen molar-refractivity contribution in [2.24, 2.45) is 0 Å². The maximum Gasteiger partial charge on any atom is 0.0603 e. The fraction of sp³-hybridized carbons (Fsp3) is 0.400. The van der Waals surface area contributed by atoms with Crippen molar-refractivity contribution in [2.75, 3.05) is 35.7 Å². The summed E-state index contributed by atoms with van der Waals surface area (Å²) in [6, 6.07) is 8.35. The van der Waals surface area contributed by atoms with Crippen molar-refractivity contribution >= 4 is 23.0 Å². The summed E-state index contributed by atoms with van der Waals surface area (Å²) in [5.41, 5.74) is 2.49. The van der Waals surface area contributed by atoms with Crippen molar-refractivity contribution in [3.8, 4) is 0 Å². The number of fused-ring (bicyclic) bond motifs is 1. The molecule has 1 N–H and O–H groups in total. The summed E-state index contributed by atoms with van der Waals surface area (Å²) in [5.74, 6) is 0.689. The number of para-hydroxylation sites is 2. The van der Waals surface area contributed by atoms with Gasteiger partial charge in [-0.2, -0.15) is 0 Å². The van der Waals surface area contributed by atoms with Crippen LogP contribution in [0.3, 0.4) is 0 Å². The topological polar surface area (TPSA) is 15.3 Å². The first-order chi connectivity index (χ1) is 6.42. The molecule has 0 aliphatic carbocycles. The Labute approximate surface area is 83.5 Å². The Bertz CT molecular complexity index is 288. The minimum atomic E-state index is 0.689. The maximum atomic E-state index is 5.74. The van der Waals surface area contributed by atoms with E-state index in [1.54, 1.807) is 0 Å². The number of nitrogens with zero attached hydrogens (tertiary/aromatic N) is 1. The van der Waals surface area contributed by atoms with Gasteiger partial charge in [-0.3, -0.25) is 0 Å². The van der Waals surface area contributed by atoms with Crippen LogP contribution < -0.4 is 10.2 Å². The average molecular weight is 197 g/mol. The molecule has 0 aromatic heterocycles. The molecule has 0 radical (unpaired) electrons. The lowest BCUT2D eigenvalue weighted by Gasteiger charge is -2.31. The fourth-order valence-corrected chi connectivity index (χ4v) is 1.88. The molecule has 2 nitrogen and oxygen atoms in total. The van der Waals surface area contributed by atoms with E-state index in [0.717, 1.165) is 19.6 Å². The van der Waals surface area contributed by atoms with E-state index in [4.69, 9.17) is 11.6 Å². The van der Waals surface area contributed by atoms with Gasteiger partial charge in [-0.25, -0.2) is 0 Å². The van der Waals surface area contributed by atoms with Crippen molar-refractivity contribution in [2.45, 2.75) is 0 Å². The third-order valence-electron chi connectivity index (χ3n) is 2.30. The Morgan fingerprint density at radius 1 is 1.38 bits per heavy atom. The van der Waals surface area contributed by atoms with Gasteiger partial charge in [-0.15, -0.1) is 11.6 Å². The van der Waals surface area contributed by atoms with E-state index in [-0.39, 0.29) is 0 Å². The summed E-state index contributed by atoms with van der Waals surface area (Å²) < 4.78 is 0. The Hall–Kier alpha value is -0.890. The van der Waals surface area contributed by atoms with Gasteiger partial charge in [0, 0.05) is 25.5 Å². The normalized spacial score (nSPS) is 15.0. The Morgan fingerprint density at radius 2 is 2.23 bits per heavy atom. The van der Waals surface area contributed by atoms with Gasteiger partial charge in [0.05, 0.1) is 11.4 Å². The van der Waals surface area contributed by atoms with Gasteiger partial charge in [-0.05, 0) is 12.1 Å². The molecule has 0 fully saturated rings. The summed E-state index contributed by atoms with van der Waals surface area (Å²) in [5, 5.41) is 3.37. The van der Waals surface area contributed by atoms with E-state index in [0.29, 0.717) is 5.88 Å². The van der Waals surface area contributed by atoms with Crippen LogP contribution >= 0.6 is 11.6 Å².